The van der Waals surface area contributed by atoms with E-state index in [1.165, 1.54) is 12.3 Å². The Morgan fingerprint density at radius 3 is 2.78 bits per heavy atom. The number of rotatable bonds is 3. The lowest BCUT2D eigenvalue weighted by Gasteiger charge is -2.22. The average molecular weight is 352 g/mol. The molecule has 1 saturated heterocycles. The van der Waals surface area contributed by atoms with Gasteiger partial charge in [0.25, 0.3) is 0 Å². The minimum Gasteiger partial charge on any atom is -0.383 e. The van der Waals surface area contributed by atoms with E-state index in [4.69, 9.17) is 5.73 Å². The van der Waals surface area contributed by atoms with Gasteiger partial charge in [0.1, 0.15) is 10.7 Å². The van der Waals surface area contributed by atoms with Gasteiger partial charge >= 0.3 is 0 Å². The van der Waals surface area contributed by atoms with E-state index >= 15 is 0 Å². The quantitative estimate of drug-likeness (QED) is 0.863. The number of anilines is 1. The molecule has 2 heterocycles. The topological polar surface area (TPSA) is 85.1 Å². The normalized spacial score (nSPS) is 17.8. The molecule has 0 spiro atoms. The lowest BCUT2D eigenvalue weighted by Crippen LogP contribution is -2.37. The zero-order chi connectivity index (χ0) is 13.2. The minimum absolute atomic E-state index is 0.00497. The highest BCUT2D eigenvalue weighted by Gasteiger charge is 2.24. The molecule has 1 aliphatic rings. The summed E-state index contributed by atoms with van der Waals surface area (Å²) in [5.41, 5.74) is 5.63. The highest BCUT2D eigenvalue weighted by Crippen LogP contribution is 2.23. The Balaban J connectivity index is 2.21. The van der Waals surface area contributed by atoms with Crippen LogP contribution in [-0.4, -0.2) is 30.9 Å². The molecule has 1 aromatic rings. The highest BCUT2D eigenvalue weighted by molar-refractivity contribution is 9.10. The lowest BCUT2D eigenvalue weighted by molar-refractivity contribution is 0.529. The molecule has 5 nitrogen and oxygen atoms in total. The Morgan fingerprint density at radius 2 is 2.11 bits per heavy atom. The monoisotopic (exact) mass is 351 g/mol. The third kappa shape index (κ3) is 3.37. The number of pyridine rings is 1. The molecule has 0 amide bonds. The molecule has 0 radical (unpaired) electrons. The van der Waals surface area contributed by atoms with E-state index in [1.54, 1.807) is 0 Å². The van der Waals surface area contributed by atoms with Crippen molar-refractivity contribution in [3.8, 4) is 0 Å². The van der Waals surface area contributed by atoms with Crippen LogP contribution in [0.15, 0.2) is 21.6 Å². The van der Waals surface area contributed by atoms with Crippen molar-refractivity contribution in [3.05, 3.63) is 16.7 Å². The summed E-state index contributed by atoms with van der Waals surface area (Å²) < 4.78 is 27.7. The zero-order valence-electron chi connectivity index (χ0n) is 9.60. The summed E-state index contributed by atoms with van der Waals surface area (Å²) in [4.78, 5) is 3.88. The second kappa shape index (κ2) is 5.77. The number of nitrogen functional groups attached to an aromatic ring is 1. The molecule has 2 rings (SSSR count). The van der Waals surface area contributed by atoms with E-state index in [0.717, 1.165) is 24.3 Å². The van der Waals surface area contributed by atoms with Crippen LogP contribution in [0.4, 0.5) is 5.82 Å². The fraction of sp³-hybridized carbons (Fsp3) is 0.500. The van der Waals surface area contributed by atoms with Crippen LogP contribution in [0.25, 0.3) is 0 Å². The number of hydrogen-bond acceptors (Lipinski definition) is 5. The summed E-state index contributed by atoms with van der Waals surface area (Å²) in [6, 6.07) is 1.47. The van der Waals surface area contributed by atoms with Gasteiger partial charge in [-0.1, -0.05) is 0 Å². The maximum atomic E-state index is 12.2. The minimum atomic E-state index is -3.59. The molecule has 0 atom stereocenters. The molecule has 18 heavy (non-hydrogen) atoms. The maximum Gasteiger partial charge on any atom is 0.244 e. The van der Waals surface area contributed by atoms with Crippen LogP contribution < -0.4 is 10.5 Å². The first-order valence-electron chi connectivity index (χ1n) is 5.50. The van der Waals surface area contributed by atoms with Gasteiger partial charge in [-0.15, -0.1) is 0 Å². The number of thioether (sulfide) groups is 1. The van der Waals surface area contributed by atoms with Gasteiger partial charge in [0, 0.05) is 16.7 Å². The third-order valence-electron chi connectivity index (χ3n) is 2.68. The molecule has 0 aromatic carbocycles. The molecule has 0 bridgehead atoms. The van der Waals surface area contributed by atoms with Crippen molar-refractivity contribution in [3.63, 3.8) is 0 Å². The van der Waals surface area contributed by atoms with Crippen molar-refractivity contribution in [2.24, 2.45) is 0 Å². The number of nitrogens with one attached hydrogen (secondary N) is 1. The Labute approximate surface area is 119 Å². The Kier molecular flexibility index (Phi) is 4.52. The Hall–Kier alpha value is -0.310. The van der Waals surface area contributed by atoms with Crippen molar-refractivity contribution in [2.75, 3.05) is 17.2 Å². The second-order valence-electron chi connectivity index (χ2n) is 4.04. The van der Waals surface area contributed by atoms with Gasteiger partial charge in [0.05, 0.1) is 0 Å². The summed E-state index contributed by atoms with van der Waals surface area (Å²) in [6.07, 6.45) is 3.18. The fourth-order valence-corrected chi connectivity index (χ4v) is 4.75. The molecule has 0 aliphatic carbocycles. The van der Waals surface area contributed by atoms with Crippen LogP contribution in [0.1, 0.15) is 12.8 Å². The first-order chi connectivity index (χ1) is 8.49. The number of nitrogens with zero attached hydrogens (tertiary/aromatic N) is 1. The van der Waals surface area contributed by atoms with Crippen LogP contribution in [0.2, 0.25) is 0 Å². The maximum absolute atomic E-state index is 12.2. The highest BCUT2D eigenvalue weighted by atomic mass is 79.9. The second-order valence-corrected chi connectivity index (χ2v) is 7.87. The van der Waals surface area contributed by atoms with Gasteiger partial charge in [0.15, 0.2) is 0 Å². The number of hydrogen-bond donors (Lipinski definition) is 2. The van der Waals surface area contributed by atoms with Crippen molar-refractivity contribution < 1.29 is 8.42 Å². The van der Waals surface area contributed by atoms with E-state index in [9.17, 15) is 8.42 Å². The number of sulfonamides is 1. The summed E-state index contributed by atoms with van der Waals surface area (Å²) in [7, 11) is -3.59. The summed E-state index contributed by atoms with van der Waals surface area (Å²) in [5, 5.41) is 0. The SMILES string of the molecule is Nc1ncc(Br)cc1S(=O)(=O)NC1CCSCC1. The van der Waals surface area contributed by atoms with Crippen LogP contribution in [0.5, 0.6) is 0 Å². The van der Waals surface area contributed by atoms with Gasteiger partial charge in [-0.2, -0.15) is 11.8 Å². The predicted molar refractivity (Wildman–Crippen MR) is 77.0 cm³/mol. The van der Waals surface area contributed by atoms with Gasteiger partial charge in [-0.3, -0.25) is 0 Å². The molecule has 3 N–H and O–H groups in total. The first kappa shape index (κ1) is 14.1. The van der Waals surface area contributed by atoms with Gasteiger partial charge in [-0.05, 0) is 46.3 Å². The van der Waals surface area contributed by atoms with Crippen molar-refractivity contribution in [1.82, 2.24) is 9.71 Å². The predicted octanol–water partition coefficient (Wildman–Crippen LogP) is 1.60. The van der Waals surface area contributed by atoms with Crippen molar-refractivity contribution >= 4 is 43.5 Å². The van der Waals surface area contributed by atoms with E-state index in [0.29, 0.717) is 4.47 Å². The molecule has 8 heteroatoms. The Bertz CT molecular complexity index is 530. The molecule has 1 fully saturated rings. The molecular formula is C10H14BrN3O2S2. The molecule has 1 aliphatic heterocycles. The Morgan fingerprint density at radius 1 is 1.44 bits per heavy atom. The number of halogens is 1. The largest absolute Gasteiger partial charge is 0.383 e. The third-order valence-corrected chi connectivity index (χ3v) is 5.71. The smallest absolute Gasteiger partial charge is 0.244 e. The summed E-state index contributed by atoms with van der Waals surface area (Å²) in [6.45, 7) is 0. The van der Waals surface area contributed by atoms with E-state index in [-0.39, 0.29) is 16.8 Å². The molecule has 0 saturated carbocycles. The van der Waals surface area contributed by atoms with Crippen LogP contribution >= 0.6 is 27.7 Å². The standard InChI is InChI=1S/C10H14BrN3O2S2/c11-7-5-9(10(12)13-6-7)18(15,16)14-8-1-3-17-4-2-8/h5-6,8,14H,1-4H2,(H2,12,13). The summed E-state index contributed by atoms with van der Waals surface area (Å²) >= 11 is 5.05. The van der Waals surface area contributed by atoms with Crippen LogP contribution in [-0.2, 0) is 10.0 Å². The number of nitrogens with two attached hydrogens (primary N) is 1. The van der Waals surface area contributed by atoms with E-state index in [2.05, 4.69) is 25.6 Å². The number of aromatic nitrogens is 1. The zero-order valence-corrected chi connectivity index (χ0v) is 12.8. The van der Waals surface area contributed by atoms with E-state index in [1.807, 2.05) is 11.8 Å². The van der Waals surface area contributed by atoms with Gasteiger partial charge < -0.3 is 5.73 Å². The fourth-order valence-electron chi connectivity index (χ4n) is 1.74. The average Bonchev–Trinajstić information content (AvgIpc) is 2.33. The first-order valence-corrected chi connectivity index (χ1v) is 8.93. The molecule has 1 aromatic heterocycles. The van der Waals surface area contributed by atoms with Crippen LogP contribution in [0, 0.1) is 0 Å². The lowest BCUT2D eigenvalue weighted by atomic mass is 10.2. The summed E-state index contributed by atoms with van der Waals surface area (Å²) in [5.74, 6) is 2.00. The van der Waals surface area contributed by atoms with Crippen LogP contribution in [0.3, 0.4) is 0 Å². The van der Waals surface area contributed by atoms with Gasteiger partial charge in [0.2, 0.25) is 10.0 Å². The van der Waals surface area contributed by atoms with E-state index < -0.39 is 10.0 Å². The van der Waals surface area contributed by atoms with Crippen molar-refractivity contribution in [2.45, 2.75) is 23.8 Å². The van der Waals surface area contributed by atoms with Crippen molar-refractivity contribution in [1.29, 1.82) is 0 Å². The van der Waals surface area contributed by atoms with Gasteiger partial charge in [-0.25, -0.2) is 18.1 Å². The molecular weight excluding hydrogens is 338 g/mol. The molecule has 100 valence electrons. The molecule has 0 unspecified atom stereocenters.